The summed E-state index contributed by atoms with van der Waals surface area (Å²) in [5.41, 5.74) is 4.06. The topological polar surface area (TPSA) is 84.2 Å². The monoisotopic (exact) mass is 366 g/mol. The Kier molecular flexibility index (Phi) is 4.66. The van der Waals surface area contributed by atoms with Crippen molar-refractivity contribution in [1.82, 2.24) is 20.3 Å². The summed E-state index contributed by atoms with van der Waals surface area (Å²) >= 11 is 0. The van der Waals surface area contributed by atoms with Crippen molar-refractivity contribution < 1.29 is 14.1 Å². The van der Waals surface area contributed by atoms with Gasteiger partial charge in [-0.2, -0.15) is 5.10 Å². The third kappa shape index (κ3) is 3.32. The Hall–Kier alpha value is -3.09. The lowest BCUT2D eigenvalue weighted by atomic mass is 9.96. The van der Waals surface area contributed by atoms with Crippen molar-refractivity contribution in [2.75, 3.05) is 14.2 Å². The minimum atomic E-state index is -0.117. The maximum absolute atomic E-state index is 13.0. The van der Waals surface area contributed by atoms with Crippen LogP contribution in [-0.2, 0) is 19.4 Å². The summed E-state index contributed by atoms with van der Waals surface area (Å²) in [7, 11) is 3.39. The van der Waals surface area contributed by atoms with Crippen LogP contribution >= 0.6 is 0 Å². The van der Waals surface area contributed by atoms with E-state index in [1.165, 1.54) is 5.56 Å². The zero-order valence-electron chi connectivity index (χ0n) is 15.5. The number of aryl methyl sites for hydroxylation is 1. The van der Waals surface area contributed by atoms with E-state index in [-0.39, 0.29) is 5.91 Å². The van der Waals surface area contributed by atoms with Gasteiger partial charge in [0.15, 0.2) is 0 Å². The lowest BCUT2D eigenvalue weighted by Crippen LogP contribution is -2.27. The lowest BCUT2D eigenvalue weighted by molar-refractivity contribution is 0.0782. The average Bonchev–Trinajstić information content (AvgIpc) is 3.35. The molecule has 1 N–H and O–H groups in total. The summed E-state index contributed by atoms with van der Waals surface area (Å²) in [6, 6.07) is 7.54. The van der Waals surface area contributed by atoms with Crippen molar-refractivity contribution >= 4 is 5.91 Å². The summed E-state index contributed by atoms with van der Waals surface area (Å²) < 4.78 is 10.7. The second kappa shape index (κ2) is 7.26. The summed E-state index contributed by atoms with van der Waals surface area (Å²) in [4.78, 5) is 14.7. The lowest BCUT2D eigenvalue weighted by Gasteiger charge is -2.17. The molecule has 27 heavy (non-hydrogen) atoms. The molecule has 0 spiro atoms. The van der Waals surface area contributed by atoms with Crippen molar-refractivity contribution in [2.24, 2.45) is 0 Å². The van der Waals surface area contributed by atoms with Crippen LogP contribution in [0, 0.1) is 0 Å². The van der Waals surface area contributed by atoms with Gasteiger partial charge < -0.3 is 14.2 Å². The molecule has 0 atom stereocenters. The minimum Gasteiger partial charge on any atom is -0.497 e. The number of hydrogen-bond acceptors (Lipinski definition) is 5. The number of fused-ring (bicyclic) bond motifs is 1. The molecule has 0 saturated carbocycles. The van der Waals surface area contributed by atoms with Gasteiger partial charge in [-0.05, 0) is 31.4 Å². The third-order valence-electron chi connectivity index (χ3n) is 4.99. The van der Waals surface area contributed by atoms with Gasteiger partial charge in [0.2, 0.25) is 0 Å². The van der Waals surface area contributed by atoms with Crippen LogP contribution in [0.4, 0.5) is 0 Å². The fourth-order valence-corrected chi connectivity index (χ4v) is 3.52. The first-order valence-electron chi connectivity index (χ1n) is 9.07. The van der Waals surface area contributed by atoms with Gasteiger partial charge in [-0.15, -0.1) is 0 Å². The molecule has 0 fully saturated rings. The fourth-order valence-electron chi connectivity index (χ4n) is 3.52. The van der Waals surface area contributed by atoms with Gasteiger partial charge in [0.1, 0.15) is 17.2 Å². The Balaban J connectivity index is 1.56. The SMILES string of the molecule is COc1cccc(-c2[nH]ncc2C(=O)N(C)Cc2noc3c2CCCC3)c1. The zero-order chi connectivity index (χ0) is 18.8. The number of carbonyl (C=O) groups excluding carboxylic acids is 1. The highest BCUT2D eigenvalue weighted by Gasteiger charge is 2.24. The quantitative estimate of drug-likeness (QED) is 0.749. The highest BCUT2D eigenvalue weighted by Crippen LogP contribution is 2.27. The van der Waals surface area contributed by atoms with E-state index in [0.29, 0.717) is 17.8 Å². The average molecular weight is 366 g/mol. The number of aromatic amines is 1. The van der Waals surface area contributed by atoms with E-state index in [1.54, 1.807) is 25.3 Å². The Morgan fingerprint density at radius 1 is 1.33 bits per heavy atom. The molecule has 1 amide bonds. The summed E-state index contributed by atoms with van der Waals surface area (Å²) in [5.74, 6) is 1.58. The standard InChI is InChI=1S/C20H22N4O3/c1-24(12-17-15-8-3-4-9-18(15)27-23-17)20(25)16-11-21-22-19(16)13-6-5-7-14(10-13)26-2/h5-7,10-11H,3-4,8-9,12H2,1-2H3,(H,21,22). The van der Waals surface area contributed by atoms with Gasteiger partial charge in [0.25, 0.3) is 5.91 Å². The van der Waals surface area contributed by atoms with E-state index < -0.39 is 0 Å². The number of ether oxygens (including phenoxy) is 1. The highest BCUT2D eigenvalue weighted by molar-refractivity contribution is 5.99. The number of nitrogens with zero attached hydrogens (tertiary/aromatic N) is 3. The summed E-state index contributed by atoms with van der Waals surface area (Å²) in [6.07, 6.45) is 5.74. The van der Waals surface area contributed by atoms with E-state index >= 15 is 0 Å². The molecule has 2 aromatic heterocycles. The molecular weight excluding hydrogens is 344 g/mol. The third-order valence-corrected chi connectivity index (χ3v) is 4.99. The number of rotatable bonds is 5. The molecule has 140 valence electrons. The van der Waals surface area contributed by atoms with Gasteiger partial charge in [0, 0.05) is 24.6 Å². The first-order chi connectivity index (χ1) is 13.2. The van der Waals surface area contributed by atoms with Crippen LogP contribution < -0.4 is 4.74 Å². The number of aromatic nitrogens is 3. The summed E-state index contributed by atoms with van der Waals surface area (Å²) in [5, 5.41) is 11.2. The molecule has 0 radical (unpaired) electrons. The molecule has 0 aliphatic heterocycles. The smallest absolute Gasteiger partial charge is 0.257 e. The second-order valence-corrected chi connectivity index (χ2v) is 6.79. The first-order valence-corrected chi connectivity index (χ1v) is 9.07. The number of hydrogen-bond donors (Lipinski definition) is 1. The van der Waals surface area contributed by atoms with E-state index in [1.807, 2.05) is 24.3 Å². The first kappa shape index (κ1) is 17.3. The highest BCUT2D eigenvalue weighted by atomic mass is 16.5. The fraction of sp³-hybridized carbons (Fsp3) is 0.350. The van der Waals surface area contributed by atoms with Crippen LogP contribution in [0.1, 0.15) is 40.2 Å². The second-order valence-electron chi connectivity index (χ2n) is 6.79. The molecular formula is C20H22N4O3. The molecule has 0 bridgehead atoms. The number of benzene rings is 1. The molecule has 0 saturated heterocycles. The van der Waals surface area contributed by atoms with Crippen LogP contribution in [-0.4, -0.2) is 40.3 Å². The normalized spacial score (nSPS) is 13.3. The minimum absolute atomic E-state index is 0.117. The van der Waals surface area contributed by atoms with Gasteiger partial charge in [-0.25, -0.2) is 0 Å². The zero-order valence-corrected chi connectivity index (χ0v) is 15.5. The molecule has 1 aliphatic carbocycles. The van der Waals surface area contributed by atoms with E-state index in [0.717, 1.165) is 48.5 Å². The van der Waals surface area contributed by atoms with Gasteiger partial charge >= 0.3 is 0 Å². The van der Waals surface area contributed by atoms with Crippen molar-refractivity contribution in [3.63, 3.8) is 0 Å². The molecule has 1 aliphatic rings. The van der Waals surface area contributed by atoms with E-state index in [2.05, 4.69) is 15.4 Å². The molecule has 3 aromatic rings. The maximum atomic E-state index is 13.0. The molecule has 0 unspecified atom stereocenters. The number of carbonyl (C=O) groups is 1. The number of methoxy groups -OCH3 is 1. The predicted molar refractivity (Wildman–Crippen MR) is 99.5 cm³/mol. The Labute approximate surface area is 157 Å². The van der Waals surface area contributed by atoms with Crippen LogP contribution in [0.2, 0.25) is 0 Å². The van der Waals surface area contributed by atoms with Gasteiger partial charge in [0.05, 0.1) is 31.1 Å². The van der Waals surface area contributed by atoms with E-state index in [9.17, 15) is 4.79 Å². The number of H-pyrrole nitrogens is 1. The largest absolute Gasteiger partial charge is 0.497 e. The van der Waals surface area contributed by atoms with Crippen molar-refractivity contribution in [3.05, 3.63) is 53.0 Å². The summed E-state index contributed by atoms with van der Waals surface area (Å²) in [6.45, 7) is 0.417. The van der Waals surface area contributed by atoms with Crippen LogP contribution in [0.3, 0.4) is 0 Å². The van der Waals surface area contributed by atoms with Gasteiger partial charge in [-0.3, -0.25) is 9.89 Å². The molecule has 2 heterocycles. The van der Waals surface area contributed by atoms with Crippen LogP contribution in [0.5, 0.6) is 5.75 Å². The maximum Gasteiger partial charge on any atom is 0.257 e. The number of nitrogens with one attached hydrogen (secondary N) is 1. The Morgan fingerprint density at radius 2 is 2.19 bits per heavy atom. The molecule has 7 nitrogen and oxygen atoms in total. The van der Waals surface area contributed by atoms with Crippen LogP contribution in [0.25, 0.3) is 11.3 Å². The Bertz CT molecular complexity index is 960. The van der Waals surface area contributed by atoms with Crippen molar-refractivity contribution in [1.29, 1.82) is 0 Å². The van der Waals surface area contributed by atoms with E-state index in [4.69, 9.17) is 9.26 Å². The number of amides is 1. The predicted octanol–water partition coefficient (Wildman–Crippen LogP) is 3.22. The van der Waals surface area contributed by atoms with Crippen molar-refractivity contribution in [3.8, 4) is 17.0 Å². The van der Waals surface area contributed by atoms with Crippen molar-refractivity contribution in [2.45, 2.75) is 32.2 Å². The van der Waals surface area contributed by atoms with Gasteiger partial charge in [-0.1, -0.05) is 17.3 Å². The molecule has 4 rings (SSSR count). The Morgan fingerprint density at radius 3 is 3.04 bits per heavy atom. The molecule has 1 aromatic carbocycles. The molecule has 7 heteroatoms. The van der Waals surface area contributed by atoms with Crippen LogP contribution in [0.15, 0.2) is 35.0 Å².